The molecule has 0 bridgehead atoms. The SMILES string of the molecule is CC(=O)OC[C@H]1O[C@@H](OC[C@H]2O[C@@H](OC[C@H]3O[C@@H](OC(C)=O)[C@H](OC(C)=O)[C@@H](OC(C)=O)[C@@H]3OC(C)=O)[C@H](OC(C)=O)[C@@H](OC(C)=O)[C@@H]2OC(C)=O)[C@H](OC(C)=O)[C@@H](OC(C)=O)[C@@H]1OC(C)=O. The molecule has 3 fully saturated rings. The van der Waals surface area contributed by atoms with E-state index in [-0.39, 0.29) is 0 Å². The fraction of sp³-hybridized carbons (Fsp3) is 0.725. The highest BCUT2D eigenvalue weighted by Crippen LogP contribution is 2.35. The highest BCUT2D eigenvalue weighted by atomic mass is 16.8. The normalized spacial score (nSPS) is 31.2. The van der Waals surface area contributed by atoms with Crippen molar-refractivity contribution in [1.82, 2.24) is 0 Å². The van der Waals surface area contributed by atoms with Crippen molar-refractivity contribution in [1.29, 1.82) is 0 Å². The molecule has 0 aliphatic carbocycles. The molecular weight excluding hydrogens is 912 g/mol. The number of rotatable bonds is 18. The van der Waals surface area contributed by atoms with Crippen LogP contribution in [0, 0.1) is 0 Å². The van der Waals surface area contributed by atoms with Crippen molar-refractivity contribution in [2.75, 3.05) is 19.8 Å². The van der Waals surface area contributed by atoms with Crippen molar-refractivity contribution in [2.45, 2.75) is 168 Å². The first kappa shape index (κ1) is 55.3. The Labute approximate surface area is 382 Å². The summed E-state index contributed by atoms with van der Waals surface area (Å²) in [5.74, 6) is -10.5. The summed E-state index contributed by atoms with van der Waals surface area (Å²) >= 11 is 0. The van der Waals surface area contributed by atoms with Gasteiger partial charge in [-0.25, -0.2) is 0 Å². The number of carbonyl (C=O) groups is 11. The first-order chi connectivity index (χ1) is 31.3. The molecule has 376 valence electrons. The van der Waals surface area contributed by atoms with Crippen molar-refractivity contribution >= 4 is 65.7 Å². The molecule has 0 aromatic carbocycles. The number of carbonyl (C=O) groups excluding carboxylic acids is 11. The van der Waals surface area contributed by atoms with Gasteiger partial charge in [-0.1, -0.05) is 0 Å². The molecule has 0 aromatic heterocycles. The van der Waals surface area contributed by atoms with Gasteiger partial charge in [-0.3, -0.25) is 52.7 Å². The summed E-state index contributed by atoms with van der Waals surface area (Å²) in [6, 6.07) is 0. The molecule has 0 spiro atoms. The Balaban J connectivity index is 2.15. The minimum Gasteiger partial charge on any atom is -0.463 e. The maximum atomic E-state index is 12.6. The summed E-state index contributed by atoms with van der Waals surface area (Å²) in [7, 11) is 0. The van der Waals surface area contributed by atoms with E-state index in [9.17, 15) is 52.7 Å². The van der Waals surface area contributed by atoms with E-state index in [1.54, 1.807) is 0 Å². The monoisotopic (exact) mass is 966 g/mol. The van der Waals surface area contributed by atoms with Crippen LogP contribution in [0.4, 0.5) is 0 Å². The van der Waals surface area contributed by atoms with Crippen LogP contribution in [0.2, 0.25) is 0 Å². The predicted molar refractivity (Wildman–Crippen MR) is 206 cm³/mol. The maximum Gasteiger partial charge on any atom is 0.305 e. The van der Waals surface area contributed by atoms with E-state index in [0.717, 1.165) is 76.2 Å². The Morgan fingerprint density at radius 1 is 0.269 bits per heavy atom. The summed E-state index contributed by atoms with van der Waals surface area (Å²) in [6.07, 6.45) is -25.7. The molecule has 0 saturated carbocycles. The number of ether oxygens (including phenoxy) is 16. The fourth-order valence-electron chi connectivity index (χ4n) is 7.07. The zero-order chi connectivity index (χ0) is 50.4. The summed E-state index contributed by atoms with van der Waals surface area (Å²) in [6.45, 7) is 8.63. The third-order valence-corrected chi connectivity index (χ3v) is 9.07. The van der Waals surface area contributed by atoms with Crippen LogP contribution in [0.25, 0.3) is 0 Å². The van der Waals surface area contributed by atoms with Gasteiger partial charge in [0.15, 0.2) is 61.4 Å². The minimum absolute atomic E-state index is 0.627. The Bertz CT molecular complexity index is 1850. The van der Waals surface area contributed by atoms with E-state index in [2.05, 4.69) is 0 Å². The average Bonchev–Trinajstić information content (AvgIpc) is 3.17. The molecule has 0 amide bonds. The summed E-state index contributed by atoms with van der Waals surface area (Å²) in [4.78, 5) is 136. The molecule has 0 aromatic rings. The molecule has 3 aliphatic heterocycles. The van der Waals surface area contributed by atoms with E-state index in [1.807, 2.05) is 0 Å². The van der Waals surface area contributed by atoms with Gasteiger partial charge >= 0.3 is 65.7 Å². The molecule has 3 heterocycles. The van der Waals surface area contributed by atoms with Crippen LogP contribution in [-0.4, -0.2) is 178 Å². The van der Waals surface area contributed by atoms with Crippen molar-refractivity contribution in [3.8, 4) is 0 Å². The Morgan fingerprint density at radius 2 is 0.493 bits per heavy atom. The summed E-state index contributed by atoms with van der Waals surface area (Å²) in [5.41, 5.74) is 0. The quantitative estimate of drug-likeness (QED) is 0.114. The van der Waals surface area contributed by atoms with E-state index < -0.39 is 178 Å². The average molecular weight is 967 g/mol. The Morgan fingerprint density at radius 3 is 0.761 bits per heavy atom. The molecule has 67 heavy (non-hydrogen) atoms. The second-order valence-corrected chi connectivity index (χ2v) is 14.9. The lowest BCUT2D eigenvalue weighted by molar-refractivity contribution is -0.343. The van der Waals surface area contributed by atoms with Gasteiger partial charge in [-0.05, 0) is 0 Å². The summed E-state index contributed by atoms with van der Waals surface area (Å²) < 4.78 is 89.5. The maximum absolute atomic E-state index is 12.6. The predicted octanol–water partition coefficient (Wildman–Crippen LogP) is -1.29. The lowest BCUT2D eigenvalue weighted by atomic mass is 9.96. The van der Waals surface area contributed by atoms with Crippen LogP contribution in [-0.2, 0) is 129 Å². The Hall–Kier alpha value is -6.03. The number of hydrogen-bond donors (Lipinski definition) is 0. The van der Waals surface area contributed by atoms with E-state index in [0.29, 0.717) is 0 Å². The highest BCUT2D eigenvalue weighted by molar-refractivity contribution is 5.71. The Kier molecular flexibility index (Phi) is 20.8. The molecular formula is C40H54O27. The van der Waals surface area contributed by atoms with Crippen molar-refractivity contribution in [3.05, 3.63) is 0 Å². The van der Waals surface area contributed by atoms with Crippen LogP contribution < -0.4 is 0 Å². The third-order valence-electron chi connectivity index (χ3n) is 9.07. The van der Waals surface area contributed by atoms with Crippen LogP contribution in [0.3, 0.4) is 0 Å². The molecule has 15 atom stereocenters. The first-order valence-electron chi connectivity index (χ1n) is 20.3. The largest absolute Gasteiger partial charge is 0.463 e. The second-order valence-electron chi connectivity index (χ2n) is 14.9. The van der Waals surface area contributed by atoms with Crippen LogP contribution in [0.15, 0.2) is 0 Å². The second kappa shape index (κ2) is 25.2. The van der Waals surface area contributed by atoms with Gasteiger partial charge in [-0.15, -0.1) is 0 Å². The zero-order valence-corrected chi connectivity index (χ0v) is 38.3. The molecule has 3 saturated heterocycles. The molecule has 0 unspecified atom stereocenters. The van der Waals surface area contributed by atoms with Gasteiger partial charge in [0, 0.05) is 76.2 Å². The minimum atomic E-state index is -1.91. The topological polar surface area (TPSA) is 335 Å². The molecule has 27 nitrogen and oxygen atoms in total. The molecule has 27 heteroatoms. The lowest BCUT2D eigenvalue weighted by Gasteiger charge is -2.47. The standard InChI is InChI=1S/C40H54O27/c1-15(41)52-12-26-29(55-16(2)42)32(58-19(5)45)35(61-22(8)48)38(65-26)53-13-27-30(56-17(3)43)33(59-20(6)46)36(62-23(9)49)39(66-27)54-14-28-31(57-18(4)44)34(60-21(7)47)37(63-24(10)50)40(67-28)64-25(11)51/h26-40H,12-14H2,1-11H3/t26-,27-,28-,29-,30-,31-,32+,33+,34+,35-,36-,37-,38-,39-,40-/m1/s1. The van der Waals surface area contributed by atoms with E-state index >= 15 is 0 Å². The van der Waals surface area contributed by atoms with Crippen molar-refractivity contribution < 1.29 is 129 Å². The van der Waals surface area contributed by atoms with Gasteiger partial charge in [0.2, 0.25) is 12.4 Å². The van der Waals surface area contributed by atoms with Crippen LogP contribution in [0.5, 0.6) is 0 Å². The molecule has 0 radical (unpaired) electrons. The van der Waals surface area contributed by atoms with Crippen molar-refractivity contribution in [3.63, 3.8) is 0 Å². The highest BCUT2D eigenvalue weighted by Gasteiger charge is 2.57. The first-order valence-corrected chi connectivity index (χ1v) is 20.3. The number of esters is 11. The van der Waals surface area contributed by atoms with E-state index in [1.165, 1.54) is 0 Å². The molecule has 0 N–H and O–H groups in total. The third kappa shape index (κ3) is 17.0. The molecule has 3 aliphatic rings. The van der Waals surface area contributed by atoms with Gasteiger partial charge in [0.05, 0.1) is 13.2 Å². The fourth-order valence-corrected chi connectivity index (χ4v) is 7.07. The van der Waals surface area contributed by atoms with Gasteiger partial charge in [0.25, 0.3) is 0 Å². The van der Waals surface area contributed by atoms with Crippen LogP contribution in [0.1, 0.15) is 76.2 Å². The lowest BCUT2D eigenvalue weighted by Crippen LogP contribution is -2.65. The van der Waals surface area contributed by atoms with E-state index in [4.69, 9.17) is 75.8 Å². The van der Waals surface area contributed by atoms with Gasteiger partial charge < -0.3 is 75.8 Å². The van der Waals surface area contributed by atoms with Crippen LogP contribution >= 0.6 is 0 Å². The van der Waals surface area contributed by atoms with Gasteiger partial charge in [0.1, 0.15) is 24.9 Å². The van der Waals surface area contributed by atoms with Crippen molar-refractivity contribution in [2.24, 2.45) is 0 Å². The zero-order valence-electron chi connectivity index (χ0n) is 38.3. The smallest absolute Gasteiger partial charge is 0.305 e. The summed E-state index contributed by atoms with van der Waals surface area (Å²) in [5, 5.41) is 0. The number of hydrogen-bond acceptors (Lipinski definition) is 27. The van der Waals surface area contributed by atoms with Gasteiger partial charge in [-0.2, -0.15) is 0 Å². The molecule has 3 rings (SSSR count).